The van der Waals surface area contributed by atoms with Gasteiger partial charge in [-0.25, -0.2) is 0 Å². The lowest BCUT2D eigenvalue weighted by molar-refractivity contribution is 0.543. The van der Waals surface area contributed by atoms with E-state index >= 15 is 0 Å². The third kappa shape index (κ3) is 1.54. The molecule has 0 heterocycles. The predicted octanol–water partition coefficient (Wildman–Crippen LogP) is 3.97. The molecule has 0 fully saturated rings. The van der Waals surface area contributed by atoms with Gasteiger partial charge in [0.1, 0.15) is 0 Å². The second-order valence-corrected chi connectivity index (χ2v) is 4.72. The van der Waals surface area contributed by atoms with E-state index in [1.54, 1.807) is 5.57 Å². The minimum Gasteiger partial charge on any atom is -0.0810 e. The highest BCUT2D eigenvalue weighted by atomic mass is 14.3. The molecule has 76 valence electrons. The van der Waals surface area contributed by atoms with Gasteiger partial charge in [-0.3, -0.25) is 0 Å². The molecule has 0 radical (unpaired) electrons. The summed E-state index contributed by atoms with van der Waals surface area (Å²) in [5, 5.41) is 0. The SMILES string of the molecule is Cc1cccc(C2=CC3C=CC2CC3)c1. The molecule has 2 bridgehead atoms. The smallest absolute Gasteiger partial charge is 0.00215 e. The molecule has 0 aliphatic heterocycles. The number of rotatable bonds is 1. The molecule has 3 aliphatic carbocycles. The molecule has 0 nitrogen and oxygen atoms in total. The topological polar surface area (TPSA) is 0 Å². The summed E-state index contributed by atoms with van der Waals surface area (Å²) in [5.41, 5.74) is 4.34. The summed E-state index contributed by atoms with van der Waals surface area (Å²) >= 11 is 0. The van der Waals surface area contributed by atoms with Crippen LogP contribution in [0, 0.1) is 18.8 Å². The van der Waals surface area contributed by atoms with Crippen molar-refractivity contribution in [1.82, 2.24) is 0 Å². The van der Waals surface area contributed by atoms with Crippen LogP contribution in [0.1, 0.15) is 24.0 Å². The van der Waals surface area contributed by atoms with Crippen LogP contribution in [-0.2, 0) is 0 Å². The van der Waals surface area contributed by atoms with Crippen LogP contribution < -0.4 is 0 Å². The molecule has 4 rings (SSSR count). The van der Waals surface area contributed by atoms with Gasteiger partial charge < -0.3 is 0 Å². The Labute approximate surface area is 91.3 Å². The first kappa shape index (κ1) is 8.96. The predicted molar refractivity (Wildman–Crippen MR) is 64.5 cm³/mol. The zero-order chi connectivity index (χ0) is 10.3. The van der Waals surface area contributed by atoms with Crippen molar-refractivity contribution in [3.63, 3.8) is 0 Å². The van der Waals surface area contributed by atoms with Crippen molar-refractivity contribution in [1.29, 1.82) is 0 Å². The molecule has 15 heavy (non-hydrogen) atoms. The monoisotopic (exact) mass is 196 g/mol. The highest BCUT2D eigenvalue weighted by molar-refractivity contribution is 5.71. The van der Waals surface area contributed by atoms with Crippen LogP contribution in [0.5, 0.6) is 0 Å². The molecule has 2 unspecified atom stereocenters. The fourth-order valence-electron chi connectivity index (χ4n) is 2.73. The lowest BCUT2D eigenvalue weighted by atomic mass is 9.74. The van der Waals surface area contributed by atoms with Gasteiger partial charge in [-0.05, 0) is 36.8 Å². The zero-order valence-corrected chi connectivity index (χ0v) is 9.11. The van der Waals surface area contributed by atoms with Crippen LogP contribution in [0.25, 0.3) is 5.57 Å². The molecular weight excluding hydrogens is 180 g/mol. The van der Waals surface area contributed by atoms with Gasteiger partial charge in [0, 0.05) is 5.92 Å². The number of hydrogen-bond donors (Lipinski definition) is 0. The third-order valence-electron chi connectivity index (χ3n) is 3.55. The third-order valence-corrected chi connectivity index (χ3v) is 3.55. The minimum atomic E-state index is 0.678. The van der Waals surface area contributed by atoms with Crippen LogP contribution in [0.4, 0.5) is 0 Å². The summed E-state index contributed by atoms with van der Waals surface area (Å²) in [7, 11) is 0. The minimum absolute atomic E-state index is 0.678. The second-order valence-electron chi connectivity index (χ2n) is 4.72. The molecule has 0 spiro atoms. The number of fused-ring (bicyclic) bond motifs is 1. The lowest BCUT2D eigenvalue weighted by Gasteiger charge is -2.30. The van der Waals surface area contributed by atoms with Gasteiger partial charge in [-0.2, -0.15) is 0 Å². The normalized spacial score (nSPS) is 27.9. The maximum Gasteiger partial charge on any atom is 0.00215 e. The fraction of sp³-hybridized carbons (Fsp3) is 0.333. The largest absolute Gasteiger partial charge is 0.0810 e. The number of hydrogen-bond acceptors (Lipinski definition) is 0. The van der Waals surface area contributed by atoms with Gasteiger partial charge in [0.05, 0.1) is 0 Å². The molecular formula is C15H16. The highest BCUT2D eigenvalue weighted by Crippen LogP contribution is 2.40. The average Bonchev–Trinajstić information content (AvgIpc) is 2.30. The Morgan fingerprint density at radius 3 is 2.67 bits per heavy atom. The molecule has 1 aromatic carbocycles. The maximum absolute atomic E-state index is 2.46. The van der Waals surface area contributed by atoms with E-state index in [1.807, 2.05) is 0 Å². The Bertz CT molecular complexity index is 437. The zero-order valence-electron chi connectivity index (χ0n) is 9.11. The molecule has 0 amide bonds. The maximum atomic E-state index is 2.46. The van der Waals surface area contributed by atoms with Crippen molar-refractivity contribution < 1.29 is 0 Å². The van der Waals surface area contributed by atoms with E-state index in [-0.39, 0.29) is 0 Å². The van der Waals surface area contributed by atoms with Crippen molar-refractivity contribution in [3.05, 3.63) is 53.6 Å². The Morgan fingerprint density at radius 2 is 2.07 bits per heavy atom. The average molecular weight is 196 g/mol. The first-order valence-electron chi connectivity index (χ1n) is 5.80. The van der Waals surface area contributed by atoms with Crippen molar-refractivity contribution in [3.8, 4) is 0 Å². The van der Waals surface area contributed by atoms with E-state index in [2.05, 4.69) is 49.4 Å². The molecule has 1 aromatic rings. The van der Waals surface area contributed by atoms with E-state index in [9.17, 15) is 0 Å². The van der Waals surface area contributed by atoms with Crippen LogP contribution in [0.15, 0.2) is 42.5 Å². The van der Waals surface area contributed by atoms with Crippen molar-refractivity contribution >= 4 is 5.57 Å². The molecule has 3 aliphatic rings. The van der Waals surface area contributed by atoms with Gasteiger partial charge in [0.2, 0.25) is 0 Å². The van der Waals surface area contributed by atoms with E-state index < -0.39 is 0 Å². The van der Waals surface area contributed by atoms with Gasteiger partial charge in [0.15, 0.2) is 0 Å². The first-order valence-corrected chi connectivity index (χ1v) is 5.80. The molecule has 0 heteroatoms. The Kier molecular flexibility index (Phi) is 2.02. The summed E-state index contributed by atoms with van der Waals surface area (Å²) in [6.07, 6.45) is 9.90. The molecule has 0 N–H and O–H groups in total. The van der Waals surface area contributed by atoms with E-state index in [0.717, 1.165) is 0 Å². The van der Waals surface area contributed by atoms with Crippen molar-refractivity contribution in [2.75, 3.05) is 0 Å². The van der Waals surface area contributed by atoms with Gasteiger partial charge in [-0.1, -0.05) is 48.1 Å². The number of allylic oxidation sites excluding steroid dienone is 4. The fourth-order valence-corrected chi connectivity index (χ4v) is 2.73. The van der Waals surface area contributed by atoms with Gasteiger partial charge >= 0.3 is 0 Å². The molecule has 2 atom stereocenters. The van der Waals surface area contributed by atoms with E-state index in [0.29, 0.717) is 11.8 Å². The summed E-state index contributed by atoms with van der Waals surface area (Å²) in [6.45, 7) is 2.17. The second kappa shape index (κ2) is 3.37. The number of aryl methyl sites for hydroxylation is 1. The Balaban J connectivity index is 2.02. The van der Waals surface area contributed by atoms with Crippen molar-refractivity contribution in [2.24, 2.45) is 11.8 Å². The molecule has 0 saturated heterocycles. The standard InChI is InChI=1S/C15H16/c1-11-3-2-4-14(9-11)15-10-12-5-7-13(15)8-6-12/h2-5,7,9-10,12-13H,6,8H2,1H3. The summed E-state index contributed by atoms with van der Waals surface area (Å²) < 4.78 is 0. The van der Waals surface area contributed by atoms with E-state index in [4.69, 9.17) is 0 Å². The lowest BCUT2D eigenvalue weighted by Crippen LogP contribution is -2.15. The summed E-state index contributed by atoms with van der Waals surface area (Å²) in [5.74, 6) is 1.38. The summed E-state index contributed by atoms with van der Waals surface area (Å²) in [6, 6.07) is 8.88. The van der Waals surface area contributed by atoms with Crippen LogP contribution in [0.2, 0.25) is 0 Å². The van der Waals surface area contributed by atoms with Gasteiger partial charge in [-0.15, -0.1) is 0 Å². The van der Waals surface area contributed by atoms with Crippen LogP contribution in [0.3, 0.4) is 0 Å². The highest BCUT2D eigenvalue weighted by Gasteiger charge is 2.24. The van der Waals surface area contributed by atoms with E-state index in [1.165, 1.54) is 24.0 Å². The van der Waals surface area contributed by atoms with Crippen molar-refractivity contribution in [2.45, 2.75) is 19.8 Å². The Hall–Kier alpha value is -1.30. The molecule has 0 aromatic heterocycles. The summed E-state index contributed by atoms with van der Waals surface area (Å²) in [4.78, 5) is 0. The number of benzene rings is 1. The van der Waals surface area contributed by atoms with Crippen LogP contribution >= 0.6 is 0 Å². The van der Waals surface area contributed by atoms with Gasteiger partial charge in [0.25, 0.3) is 0 Å². The van der Waals surface area contributed by atoms with Crippen LogP contribution in [-0.4, -0.2) is 0 Å². The Morgan fingerprint density at radius 1 is 1.13 bits per heavy atom. The quantitative estimate of drug-likeness (QED) is 0.596. The first-order chi connectivity index (χ1) is 7.33. The molecule has 0 saturated carbocycles.